The van der Waals surface area contributed by atoms with Gasteiger partial charge in [-0.15, -0.1) is 0 Å². The van der Waals surface area contributed by atoms with Gasteiger partial charge in [-0.1, -0.05) is 0 Å². The lowest BCUT2D eigenvalue weighted by Gasteiger charge is -2.19. The Morgan fingerprint density at radius 3 is 3.07 bits per heavy atom. The molecule has 3 unspecified atom stereocenters. The second-order valence-electron chi connectivity index (χ2n) is 3.55. The number of hydrogen-bond acceptors (Lipinski definition) is 2. The SMILES string of the molecule is CC1CN(C(C)c2cnc[nH]2)S(=O)N1. The number of rotatable bonds is 2. The Balaban J connectivity index is 2.12. The van der Waals surface area contributed by atoms with Gasteiger partial charge in [-0.2, -0.15) is 0 Å². The second-order valence-corrected chi connectivity index (χ2v) is 4.75. The van der Waals surface area contributed by atoms with Crippen molar-refractivity contribution < 1.29 is 4.21 Å². The molecule has 2 rings (SSSR count). The van der Waals surface area contributed by atoms with Gasteiger partial charge in [0.2, 0.25) is 0 Å². The monoisotopic (exact) mass is 214 g/mol. The standard InChI is InChI=1S/C8H14N4OS/c1-6-4-12(14(13)11-6)7(2)8-3-9-5-10-8/h3,5-7,11H,4H2,1-2H3,(H,9,10). The molecular weight excluding hydrogens is 200 g/mol. The van der Waals surface area contributed by atoms with E-state index in [0.717, 1.165) is 12.2 Å². The molecule has 0 spiro atoms. The van der Waals surface area contributed by atoms with Crippen molar-refractivity contribution in [2.75, 3.05) is 6.54 Å². The van der Waals surface area contributed by atoms with Gasteiger partial charge in [0.05, 0.1) is 18.1 Å². The van der Waals surface area contributed by atoms with E-state index in [-0.39, 0.29) is 12.1 Å². The van der Waals surface area contributed by atoms with E-state index < -0.39 is 11.2 Å². The van der Waals surface area contributed by atoms with Gasteiger partial charge in [0.25, 0.3) is 0 Å². The molecule has 0 aromatic carbocycles. The average molecular weight is 214 g/mol. The average Bonchev–Trinajstić information content (AvgIpc) is 2.73. The third-order valence-corrected chi connectivity index (χ3v) is 3.87. The first-order valence-electron chi connectivity index (χ1n) is 4.61. The van der Waals surface area contributed by atoms with Crippen molar-refractivity contribution in [3.63, 3.8) is 0 Å². The fourth-order valence-electron chi connectivity index (χ4n) is 1.57. The Morgan fingerprint density at radius 2 is 2.57 bits per heavy atom. The van der Waals surface area contributed by atoms with Crippen LogP contribution in [0, 0.1) is 0 Å². The zero-order chi connectivity index (χ0) is 10.1. The highest BCUT2D eigenvalue weighted by Crippen LogP contribution is 2.22. The van der Waals surface area contributed by atoms with Gasteiger partial charge in [-0.25, -0.2) is 18.2 Å². The van der Waals surface area contributed by atoms with Gasteiger partial charge in [0.1, 0.15) is 0 Å². The maximum atomic E-state index is 11.6. The van der Waals surface area contributed by atoms with Crippen LogP contribution < -0.4 is 4.72 Å². The zero-order valence-corrected chi connectivity index (χ0v) is 9.04. The lowest BCUT2D eigenvalue weighted by molar-refractivity contribution is 0.370. The van der Waals surface area contributed by atoms with Crippen molar-refractivity contribution in [2.45, 2.75) is 25.9 Å². The van der Waals surface area contributed by atoms with Gasteiger partial charge in [0.15, 0.2) is 11.2 Å². The van der Waals surface area contributed by atoms with E-state index in [4.69, 9.17) is 0 Å². The van der Waals surface area contributed by atoms with Crippen LogP contribution in [0.5, 0.6) is 0 Å². The van der Waals surface area contributed by atoms with Gasteiger partial charge in [-0.05, 0) is 13.8 Å². The summed E-state index contributed by atoms with van der Waals surface area (Å²) >= 11 is -1.07. The molecule has 1 aromatic rings. The van der Waals surface area contributed by atoms with E-state index in [9.17, 15) is 4.21 Å². The Labute approximate surface area is 85.6 Å². The van der Waals surface area contributed by atoms with Crippen LogP contribution in [-0.4, -0.2) is 31.1 Å². The summed E-state index contributed by atoms with van der Waals surface area (Å²) in [5, 5.41) is 0. The minimum Gasteiger partial charge on any atom is -0.347 e. The largest absolute Gasteiger partial charge is 0.347 e. The molecule has 1 aliphatic rings. The molecule has 1 fully saturated rings. The molecule has 5 nitrogen and oxygen atoms in total. The summed E-state index contributed by atoms with van der Waals surface area (Å²) in [6, 6.07) is 0.386. The third kappa shape index (κ3) is 1.73. The van der Waals surface area contributed by atoms with E-state index in [2.05, 4.69) is 14.7 Å². The maximum absolute atomic E-state index is 11.6. The molecule has 2 N–H and O–H groups in total. The van der Waals surface area contributed by atoms with Gasteiger partial charge in [-0.3, -0.25) is 0 Å². The number of nitrogens with one attached hydrogen (secondary N) is 2. The van der Waals surface area contributed by atoms with Crippen LogP contribution in [-0.2, 0) is 11.2 Å². The first-order chi connectivity index (χ1) is 6.68. The summed E-state index contributed by atoms with van der Waals surface area (Å²) in [6.07, 6.45) is 3.41. The van der Waals surface area contributed by atoms with E-state index in [1.807, 2.05) is 18.2 Å². The Bertz CT molecular complexity index is 326. The van der Waals surface area contributed by atoms with E-state index in [1.165, 1.54) is 0 Å². The molecule has 0 aliphatic carbocycles. The maximum Gasteiger partial charge on any atom is 0.170 e. The zero-order valence-electron chi connectivity index (χ0n) is 8.23. The van der Waals surface area contributed by atoms with Crippen LogP contribution in [0.1, 0.15) is 25.6 Å². The lowest BCUT2D eigenvalue weighted by Crippen LogP contribution is -2.26. The molecule has 3 atom stereocenters. The summed E-state index contributed by atoms with van der Waals surface area (Å²) in [6.45, 7) is 4.84. The van der Waals surface area contributed by atoms with E-state index in [0.29, 0.717) is 0 Å². The summed E-state index contributed by atoms with van der Waals surface area (Å²) in [4.78, 5) is 6.99. The minimum absolute atomic E-state index is 0.107. The molecule has 0 saturated carbocycles. The number of H-pyrrole nitrogens is 1. The summed E-state index contributed by atoms with van der Waals surface area (Å²) in [7, 11) is 0. The van der Waals surface area contributed by atoms with Crippen molar-refractivity contribution in [3.8, 4) is 0 Å². The first kappa shape index (κ1) is 9.82. The van der Waals surface area contributed by atoms with Crippen molar-refractivity contribution >= 4 is 11.2 Å². The predicted octanol–water partition coefficient (Wildman–Crippen LogP) is 0.343. The van der Waals surface area contributed by atoms with Crippen molar-refractivity contribution in [3.05, 3.63) is 18.2 Å². The summed E-state index contributed by atoms with van der Waals surface area (Å²) < 4.78 is 16.5. The predicted molar refractivity (Wildman–Crippen MR) is 54.4 cm³/mol. The number of nitrogens with zero attached hydrogens (tertiary/aromatic N) is 2. The Kier molecular flexibility index (Phi) is 2.66. The number of hydrogen-bond donors (Lipinski definition) is 2. The van der Waals surface area contributed by atoms with E-state index >= 15 is 0 Å². The molecule has 2 heterocycles. The van der Waals surface area contributed by atoms with Crippen LogP contribution >= 0.6 is 0 Å². The highest BCUT2D eigenvalue weighted by atomic mass is 32.2. The van der Waals surface area contributed by atoms with Gasteiger partial charge in [0, 0.05) is 18.8 Å². The lowest BCUT2D eigenvalue weighted by atomic mass is 10.2. The van der Waals surface area contributed by atoms with Crippen molar-refractivity contribution in [1.29, 1.82) is 0 Å². The van der Waals surface area contributed by atoms with Crippen LogP contribution in [0.25, 0.3) is 0 Å². The topological polar surface area (TPSA) is 61.0 Å². The molecule has 1 aliphatic heterocycles. The van der Waals surface area contributed by atoms with Crippen LogP contribution in [0.4, 0.5) is 0 Å². The molecule has 0 radical (unpaired) electrons. The van der Waals surface area contributed by atoms with Crippen LogP contribution in [0.2, 0.25) is 0 Å². The molecule has 1 saturated heterocycles. The molecule has 14 heavy (non-hydrogen) atoms. The Hall–Kier alpha value is -0.720. The molecule has 0 amide bonds. The Morgan fingerprint density at radius 1 is 1.79 bits per heavy atom. The minimum atomic E-state index is -1.07. The van der Waals surface area contributed by atoms with Gasteiger partial charge >= 0.3 is 0 Å². The highest BCUT2D eigenvalue weighted by Gasteiger charge is 2.30. The smallest absolute Gasteiger partial charge is 0.170 e. The molecule has 1 aromatic heterocycles. The molecule has 6 heteroatoms. The third-order valence-electron chi connectivity index (χ3n) is 2.37. The molecular formula is C8H14N4OS. The van der Waals surface area contributed by atoms with Crippen LogP contribution in [0.3, 0.4) is 0 Å². The first-order valence-corrected chi connectivity index (χ1v) is 5.72. The number of imidazole rings is 1. The second kappa shape index (κ2) is 3.80. The number of aromatic nitrogens is 2. The van der Waals surface area contributed by atoms with Crippen LogP contribution in [0.15, 0.2) is 12.5 Å². The highest BCUT2D eigenvalue weighted by molar-refractivity contribution is 7.80. The fraction of sp³-hybridized carbons (Fsp3) is 0.625. The van der Waals surface area contributed by atoms with Gasteiger partial charge < -0.3 is 4.98 Å². The fourth-order valence-corrected chi connectivity index (χ4v) is 2.88. The van der Waals surface area contributed by atoms with Crippen molar-refractivity contribution in [2.24, 2.45) is 0 Å². The summed E-state index contributed by atoms with van der Waals surface area (Å²) in [5.41, 5.74) is 0.995. The van der Waals surface area contributed by atoms with E-state index in [1.54, 1.807) is 12.5 Å². The summed E-state index contributed by atoms with van der Waals surface area (Å²) in [5.74, 6) is 0. The molecule has 0 bridgehead atoms. The van der Waals surface area contributed by atoms with Crippen molar-refractivity contribution in [1.82, 2.24) is 19.0 Å². The molecule has 78 valence electrons. The number of aromatic amines is 1. The quantitative estimate of drug-likeness (QED) is 0.746. The normalized spacial score (nSPS) is 30.7.